The normalized spacial score (nSPS) is 10.2. The third-order valence-corrected chi connectivity index (χ3v) is 4.05. The number of anilines is 1. The van der Waals surface area contributed by atoms with Gasteiger partial charge < -0.3 is 14.5 Å². The molecule has 0 atom stereocenters. The maximum atomic E-state index is 12.2. The molecule has 25 heavy (non-hydrogen) atoms. The fourth-order valence-corrected chi connectivity index (χ4v) is 2.42. The predicted octanol–water partition coefficient (Wildman–Crippen LogP) is 3.22. The fraction of sp³-hybridized carbons (Fsp3) is 0.263. The first-order chi connectivity index (χ1) is 11.9. The first kappa shape index (κ1) is 18.8. The van der Waals surface area contributed by atoms with Crippen LogP contribution in [-0.2, 0) is 16.1 Å². The lowest BCUT2D eigenvalue weighted by Crippen LogP contribution is -2.30. The van der Waals surface area contributed by atoms with E-state index in [1.165, 1.54) is 4.90 Å². The molecule has 2 aromatic carbocycles. The lowest BCUT2D eigenvalue weighted by Gasteiger charge is -2.18. The van der Waals surface area contributed by atoms with E-state index in [0.29, 0.717) is 11.6 Å². The number of hydrogen-bond acceptors (Lipinski definition) is 4. The molecule has 0 radical (unpaired) electrons. The van der Waals surface area contributed by atoms with Crippen LogP contribution in [0.1, 0.15) is 15.9 Å². The number of hydrogen-bond donors (Lipinski definition) is 0. The van der Waals surface area contributed by atoms with Crippen LogP contribution in [0.2, 0.25) is 5.02 Å². The molecule has 0 heterocycles. The maximum Gasteiger partial charge on any atom is 0.340 e. The Morgan fingerprint density at radius 3 is 2.24 bits per heavy atom. The van der Waals surface area contributed by atoms with E-state index < -0.39 is 5.97 Å². The molecule has 0 saturated carbocycles. The van der Waals surface area contributed by atoms with Crippen molar-refractivity contribution in [3.63, 3.8) is 0 Å². The summed E-state index contributed by atoms with van der Waals surface area (Å²) in [6.07, 6.45) is 0. The Labute approximate surface area is 152 Å². The molecule has 0 spiro atoms. The van der Waals surface area contributed by atoms with E-state index in [9.17, 15) is 9.59 Å². The van der Waals surface area contributed by atoms with Crippen molar-refractivity contribution in [3.8, 4) is 0 Å². The number of esters is 1. The fourth-order valence-electron chi connectivity index (χ4n) is 2.20. The summed E-state index contributed by atoms with van der Waals surface area (Å²) in [6.45, 7) is 0.118. The van der Waals surface area contributed by atoms with Gasteiger partial charge in [0.2, 0.25) is 0 Å². The van der Waals surface area contributed by atoms with Crippen LogP contribution in [0.3, 0.4) is 0 Å². The van der Waals surface area contributed by atoms with E-state index in [0.717, 1.165) is 11.3 Å². The highest BCUT2D eigenvalue weighted by molar-refractivity contribution is 6.33. The average molecular weight is 361 g/mol. The zero-order valence-electron chi connectivity index (χ0n) is 14.5. The Bertz CT molecular complexity index is 745. The van der Waals surface area contributed by atoms with Crippen LogP contribution in [0.15, 0.2) is 48.5 Å². The van der Waals surface area contributed by atoms with Crippen molar-refractivity contribution in [1.29, 1.82) is 0 Å². The lowest BCUT2D eigenvalue weighted by atomic mass is 10.2. The standard InChI is InChI=1S/C19H21ClN2O3/c1-21(2)15-10-8-14(9-11-15)12-22(3)18(23)13-25-19(24)16-6-4-5-7-17(16)20/h4-11H,12-13H2,1-3H3. The van der Waals surface area contributed by atoms with Crippen LogP contribution >= 0.6 is 11.6 Å². The maximum absolute atomic E-state index is 12.2. The number of carbonyl (C=O) groups is 2. The third-order valence-electron chi connectivity index (χ3n) is 3.72. The SMILES string of the molecule is CN(Cc1ccc(N(C)C)cc1)C(=O)COC(=O)c1ccccc1Cl. The minimum atomic E-state index is -0.609. The van der Waals surface area contributed by atoms with Gasteiger partial charge in [-0.05, 0) is 29.8 Å². The highest BCUT2D eigenvalue weighted by atomic mass is 35.5. The molecule has 2 aromatic rings. The first-order valence-corrected chi connectivity index (χ1v) is 8.18. The second-order valence-corrected chi connectivity index (χ2v) is 6.27. The topological polar surface area (TPSA) is 49.9 Å². The zero-order valence-corrected chi connectivity index (χ0v) is 15.3. The van der Waals surface area contributed by atoms with Crippen LogP contribution in [0.5, 0.6) is 0 Å². The number of halogens is 1. The lowest BCUT2D eigenvalue weighted by molar-refractivity contribution is -0.133. The van der Waals surface area contributed by atoms with E-state index in [4.69, 9.17) is 16.3 Å². The van der Waals surface area contributed by atoms with Crippen molar-refractivity contribution < 1.29 is 14.3 Å². The monoisotopic (exact) mass is 360 g/mol. The molecule has 0 N–H and O–H groups in total. The van der Waals surface area contributed by atoms with Crippen LogP contribution in [0.4, 0.5) is 5.69 Å². The molecular formula is C19H21ClN2O3. The van der Waals surface area contributed by atoms with Gasteiger partial charge in [-0.2, -0.15) is 0 Å². The van der Waals surface area contributed by atoms with Gasteiger partial charge in [-0.1, -0.05) is 35.9 Å². The molecule has 1 amide bonds. The van der Waals surface area contributed by atoms with Crippen molar-refractivity contribution in [2.24, 2.45) is 0 Å². The molecule has 0 aliphatic carbocycles. The number of amides is 1. The van der Waals surface area contributed by atoms with Gasteiger partial charge in [-0.25, -0.2) is 4.79 Å². The van der Waals surface area contributed by atoms with E-state index in [1.807, 2.05) is 43.3 Å². The number of carbonyl (C=O) groups excluding carboxylic acids is 2. The number of nitrogens with zero attached hydrogens (tertiary/aromatic N) is 2. The molecule has 0 aliphatic heterocycles. The molecule has 0 fully saturated rings. The van der Waals surface area contributed by atoms with Crippen LogP contribution in [0, 0.1) is 0 Å². The summed E-state index contributed by atoms with van der Waals surface area (Å²) < 4.78 is 5.06. The Balaban J connectivity index is 1.88. The van der Waals surface area contributed by atoms with Crippen LogP contribution in [-0.4, -0.2) is 44.5 Å². The highest BCUT2D eigenvalue weighted by Crippen LogP contribution is 2.16. The molecule has 0 aromatic heterocycles. The third kappa shape index (κ3) is 5.22. The van der Waals surface area contributed by atoms with E-state index in [1.54, 1.807) is 31.3 Å². The minimum Gasteiger partial charge on any atom is -0.452 e. The Morgan fingerprint density at radius 2 is 1.64 bits per heavy atom. The number of likely N-dealkylation sites (N-methyl/N-ethyl adjacent to an activating group) is 1. The molecule has 0 bridgehead atoms. The summed E-state index contributed by atoms with van der Waals surface area (Å²) in [5.41, 5.74) is 2.34. The molecule has 2 rings (SSSR count). The first-order valence-electron chi connectivity index (χ1n) is 7.80. The summed E-state index contributed by atoms with van der Waals surface area (Å²) in [5, 5.41) is 0.300. The molecule has 0 aliphatic rings. The van der Waals surface area contributed by atoms with Crippen LogP contribution in [0.25, 0.3) is 0 Å². The zero-order chi connectivity index (χ0) is 18.4. The van der Waals surface area contributed by atoms with Crippen molar-refractivity contribution in [3.05, 3.63) is 64.7 Å². The molecular weight excluding hydrogens is 340 g/mol. The van der Waals surface area contributed by atoms with Crippen molar-refractivity contribution in [2.45, 2.75) is 6.54 Å². The average Bonchev–Trinajstić information content (AvgIpc) is 2.60. The smallest absolute Gasteiger partial charge is 0.340 e. The molecule has 6 heteroatoms. The summed E-state index contributed by atoms with van der Waals surface area (Å²) in [4.78, 5) is 27.6. The highest BCUT2D eigenvalue weighted by Gasteiger charge is 2.15. The number of benzene rings is 2. The van der Waals surface area contributed by atoms with E-state index in [-0.39, 0.29) is 18.1 Å². The second-order valence-electron chi connectivity index (χ2n) is 5.87. The quantitative estimate of drug-likeness (QED) is 0.742. The van der Waals surface area contributed by atoms with E-state index in [2.05, 4.69) is 0 Å². The van der Waals surface area contributed by atoms with Crippen molar-refractivity contribution in [1.82, 2.24) is 4.90 Å². The van der Waals surface area contributed by atoms with Gasteiger partial charge in [0.25, 0.3) is 5.91 Å². The van der Waals surface area contributed by atoms with Gasteiger partial charge in [-0.15, -0.1) is 0 Å². The van der Waals surface area contributed by atoms with Crippen molar-refractivity contribution >= 4 is 29.2 Å². The number of ether oxygens (including phenoxy) is 1. The van der Waals surface area contributed by atoms with Gasteiger partial charge in [-0.3, -0.25) is 4.79 Å². The summed E-state index contributed by atoms with van der Waals surface area (Å²) in [5.74, 6) is -0.889. The second kappa shape index (κ2) is 8.53. The van der Waals surface area contributed by atoms with Gasteiger partial charge >= 0.3 is 5.97 Å². The van der Waals surface area contributed by atoms with Gasteiger partial charge in [0, 0.05) is 33.4 Å². The molecule has 0 saturated heterocycles. The molecule has 132 valence electrons. The predicted molar refractivity (Wildman–Crippen MR) is 99.0 cm³/mol. The Kier molecular flexibility index (Phi) is 6.42. The number of rotatable bonds is 6. The Morgan fingerprint density at radius 1 is 1.00 bits per heavy atom. The molecule has 0 unspecified atom stereocenters. The Hall–Kier alpha value is -2.53. The van der Waals surface area contributed by atoms with Gasteiger partial charge in [0.1, 0.15) is 0 Å². The van der Waals surface area contributed by atoms with E-state index >= 15 is 0 Å². The van der Waals surface area contributed by atoms with Gasteiger partial charge in [0.05, 0.1) is 10.6 Å². The van der Waals surface area contributed by atoms with Crippen molar-refractivity contribution in [2.75, 3.05) is 32.6 Å². The summed E-state index contributed by atoms with van der Waals surface area (Å²) in [7, 11) is 5.61. The largest absolute Gasteiger partial charge is 0.452 e. The van der Waals surface area contributed by atoms with Crippen LogP contribution < -0.4 is 4.90 Å². The summed E-state index contributed by atoms with van der Waals surface area (Å²) >= 11 is 5.94. The minimum absolute atomic E-state index is 0.249. The molecule has 5 nitrogen and oxygen atoms in total. The van der Waals surface area contributed by atoms with Gasteiger partial charge in [0.15, 0.2) is 6.61 Å². The summed E-state index contributed by atoms with van der Waals surface area (Å²) in [6, 6.07) is 14.5.